The maximum atomic E-state index is 11.9. The number of nitrogens with zero attached hydrogens (tertiary/aromatic N) is 2. The second-order valence-electron chi connectivity index (χ2n) is 4.74. The summed E-state index contributed by atoms with van der Waals surface area (Å²) >= 11 is 0. The van der Waals surface area contributed by atoms with E-state index in [0.717, 1.165) is 22.5 Å². The van der Waals surface area contributed by atoms with Crippen molar-refractivity contribution in [3.63, 3.8) is 0 Å². The highest BCUT2D eigenvalue weighted by Gasteiger charge is 2.14. The van der Waals surface area contributed by atoms with Crippen molar-refractivity contribution in [2.75, 3.05) is 0 Å². The van der Waals surface area contributed by atoms with E-state index in [0.29, 0.717) is 5.75 Å². The van der Waals surface area contributed by atoms with Crippen LogP contribution in [0.25, 0.3) is 0 Å². The van der Waals surface area contributed by atoms with Crippen LogP contribution in [-0.2, 0) is 18.3 Å². The molecule has 0 bridgehead atoms. The number of hydrogen-bond acceptors (Lipinski definition) is 3. The van der Waals surface area contributed by atoms with E-state index in [2.05, 4.69) is 5.10 Å². The molecule has 1 aromatic carbocycles. The van der Waals surface area contributed by atoms with Crippen molar-refractivity contribution in [2.24, 2.45) is 7.05 Å². The summed E-state index contributed by atoms with van der Waals surface area (Å²) in [6.45, 7) is 5.82. The molecule has 0 atom stereocenters. The summed E-state index contributed by atoms with van der Waals surface area (Å²) in [6.07, 6.45) is 0.249. The molecule has 0 amide bonds. The lowest BCUT2D eigenvalue weighted by molar-refractivity contribution is -0.133. The number of rotatable bonds is 3. The minimum Gasteiger partial charge on any atom is -0.426 e. The molecule has 1 heterocycles. The summed E-state index contributed by atoms with van der Waals surface area (Å²) in [5.41, 5.74) is 3.89. The van der Waals surface area contributed by atoms with E-state index in [1.54, 1.807) is 10.7 Å². The van der Waals surface area contributed by atoms with Crippen LogP contribution in [0.3, 0.4) is 0 Å². The van der Waals surface area contributed by atoms with Gasteiger partial charge in [0, 0.05) is 18.3 Å². The van der Waals surface area contributed by atoms with Crippen molar-refractivity contribution >= 4 is 5.97 Å². The number of aromatic nitrogens is 2. The number of esters is 1. The van der Waals surface area contributed by atoms with E-state index < -0.39 is 0 Å². The lowest BCUT2D eigenvalue weighted by atomic mass is 10.1. The fraction of sp³-hybridized carbons (Fsp3) is 0.333. The summed E-state index contributed by atoms with van der Waals surface area (Å²) in [5.74, 6) is 0.328. The number of carbonyl (C=O) groups excluding carboxylic acids is 1. The van der Waals surface area contributed by atoms with Crippen LogP contribution in [-0.4, -0.2) is 15.7 Å². The van der Waals surface area contributed by atoms with Crippen LogP contribution in [0.5, 0.6) is 5.75 Å². The zero-order valence-corrected chi connectivity index (χ0v) is 11.7. The summed E-state index contributed by atoms with van der Waals surface area (Å²) in [6, 6.07) is 7.47. The van der Waals surface area contributed by atoms with E-state index in [9.17, 15) is 4.79 Å². The molecule has 100 valence electrons. The monoisotopic (exact) mass is 258 g/mol. The van der Waals surface area contributed by atoms with Crippen molar-refractivity contribution in [1.82, 2.24) is 9.78 Å². The summed E-state index contributed by atoms with van der Waals surface area (Å²) in [4.78, 5) is 11.9. The highest BCUT2D eigenvalue weighted by Crippen LogP contribution is 2.16. The molecule has 0 aliphatic carbocycles. The normalized spacial score (nSPS) is 10.5. The Morgan fingerprint density at radius 3 is 2.63 bits per heavy atom. The van der Waals surface area contributed by atoms with E-state index in [1.807, 2.05) is 46.0 Å². The molecule has 0 aliphatic rings. The average Bonchev–Trinajstić information content (AvgIpc) is 2.56. The molecular formula is C15H18N2O2. The molecule has 0 radical (unpaired) electrons. The van der Waals surface area contributed by atoms with Crippen LogP contribution >= 0.6 is 0 Å². The van der Waals surface area contributed by atoms with Gasteiger partial charge in [-0.15, -0.1) is 0 Å². The number of hydrogen-bond donors (Lipinski definition) is 0. The number of ether oxygens (including phenoxy) is 1. The Morgan fingerprint density at radius 2 is 2.05 bits per heavy atom. The van der Waals surface area contributed by atoms with Crippen LogP contribution in [0.2, 0.25) is 0 Å². The molecule has 2 aromatic rings. The Labute approximate surface area is 113 Å². The molecule has 19 heavy (non-hydrogen) atoms. The van der Waals surface area contributed by atoms with Gasteiger partial charge in [-0.2, -0.15) is 5.10 Å². The minimum absolute atomic E-state index is 0.249. The number of benzene rings is 1. The van der Waals surface area contributed by atoms with Gasteiger partial charge in [0.25, 0.3) is 0 Å². The molecule has 0 N–H and O–H groups in total. The maximum absolute atomic E-state index is 11.9. The molecule has 1 aromatic heterocycles. The third-order valence-electron chi connectivity index (χ3n) is 3.20. The fourth-order valence-electron chi connectivity index (χ4n) is 2.06. The zero-order valence-electron chi connectivity index (χ0n) is 11.7. The Kier molecular flexibility index (Phi) is 3.69. The largest absolute Gasteiger partial charge is 0.426 e. The maximum Gasteiger partial charge on any atom is 0.315 e. The Morgan fingerprint density at radius 1 is 1.32 bits per heavy atom. The highest BCUT2D eigenvalue weighted by atomic mass is 16.5. The Hall–Kier alpha value is -2.10. The topological polar surface area (TPSA) is 44.1 Å². The Balaban J connectivity index is 2.09. The van der Waals surface area contributed by atoms with Gasteiger partial charge in [-0.05, 0) is 38.5 Å². The molecule has 4 nitrogen and oxygen atoms in total. The molecule has 0 fully saturated rings. The summed E-state index contributed by atoms with van der Waals surface area (Å²) in [5, 5.41) is 4.29. The van der Waals surface area contributed by atoms with Gasteiger partial charge < -0.3 is 4.74 Å². The second-order valence-corrected chi connectivity index (χ2v) is 4.74. The van der Waals surface area contributed by atoms with Gasteiger partial charge >= 0.3 is 5.97 Å². The SMILES string of the molecule is Cc1cccc(OC(=O)Cc2c(C)nn(C)c2C)c1. The smallest absolute Gasteiger partial charge is 0.315 e. The van der Waals surface area contributed by atoms with Crippen LogP contribution in [0.1, 0.15) is 22.5 Å². The average molecular weight is 258 g/mol. The second kappa shape index (κ2) is 5.26. The van der Waals surface area contributed by atoms with E-state index >= 15 is 0 Å². The number of aryl methyl sites for hydroxylation is 3. The van der Waals surface area contributed by atoms with Crippen molar-refractivity contribution in [2.45, 2.75) is 27.2 Å². The first kappa shape index (κ1) is 13.3. The Bertz CT molecular complexity index is 615. The molecule has 0 spiro atoms. The molecule has 4 heteroatoms. The van der Waals surface area contributed by atoms with Gasteiger partial charge in [0.1, 0.15) is 5.75 Å². The van der Waals surface area contributed by atoms with Gasteiger partial charge in [0.15, 0.2) is 0 Å². The van der Waals surface area contributed by atoms with Gasteiger partial charge in [-0.25, -0.2) is 0 Å². The molecule has 2 rings (SSSR count). The predicted octanol–water partition coefficient (Wildman–Crippen LogP) is 2.49. The highest BCUT2D eigenvalue weighted by molar-refractivity contribution is 5.75. The first-order valence-corrected chi connectivity index (χ1v) is 6.24. The number of carbonyl (C=O) groups is 1. The van der Waals surface area contributed by atoms with Crippen LogP contribution in [0, 0.1) is 20.8 Å². The van der Waals surface area contributed by atoms with Crippen LogP contribution in [0.4, 0.5) is 0 Å². The zero-order chi connectivity index (χ0) is 14.0. The first-order chi connectivity index (χ1) is 8.97. The van der Waals surface area contributed by atoms with E-state index in [1.165, 1.54) is 0 Å². The van der Waals surface area contributed by atoms with Crippen LogP contribution < -0.4 is 4.74 Å². The van der Waals surface area contributed by atoms with Gasteiger partial charge in [-0.1, -0.05) is 12.1 Å². The third-order valence-corrected chi connectivity index (χ3v) is 3.20. The van der Waals surface area contributed by atoms with Gasteiger partial charge in [0.2, 0.25) is 0 Å². The predicted molar refractivity (Wildman–Crippen MR) is 73.2 cm³/mol. The summed E-state index contributed by atoms with van der Waals surface area (Å²) < 4.78 is 7.12. The lowest BCUT2D eigenvalue weighted by Crippen LogP contribution is -2.12. The van der Waals surface area contributed by atoms with Crippen molar-refractivity contribution < 1.29 is 9.53 Å². The molecule has 0 saturated carbocycles. The van der Waals surface area contributed by atoms with E-state index in [-0.39, 0.29) is 12.4 Å². The lowest BCUT2D eigenvalue weighted by Gasteiger charge is -2.05. The fourth-order valence-corrected chi connectivity index (χ4v) is 2.06. The van der Waals surface area contributed by atoms with E-state index in [4.69, 9.17) is 4.74 Å². The van der Waals surface area contributed by atoms with Gasteiger partial charge in [-0.3, -0.25) is 9.48 Å². The van der Waals surface area contributed by atoms with Crippen LogP contribution in [0.15, 0.2) is 24.3 Å². The molecule has 0 unspecified atom stereocenters. The van der Waals surface area contributed by atoms with Crippen molar-refractivity contribution in [3.05, 3.63) is 46.8 Å². The molecule has 0 saturated heterocycles. The summed E-state index contributed by atoms with van der Waals surface area (Å²) in [7, 11) is 1.87. The molecular weight excluding hydrogens is 240 g/mol. The van der Waals surface area contributed by atoms with Crippen molar-refractivity contribution in [1.29, 1.82) is 0 Å². The first-order valence-electron chi connectivity index (χ1n) is 6.24. The van der Waals surface area contributed by atoms with Gasteiger partial charge in [0.05, 0.1) is 12.1 Å². The quantitative estimate of drug-likeness (QED) is 0.627. The van der Waals surface area contributed by atoms with Crippen molar-refractivity contribution in [3.8, 4) is 5.75 Å². The standard InChI is InChI=1S/C15H18N2O2/c1-10-6-5-7-13(8-10)19-15(18)9-14-11(2)16-17(4)12(14)3/h5-8H,9H2,1-4H3. The molecule has 0 aliphatic heterocycles. The third kappa shape index (κ3) is 3.02. The minimum atomic E-state index is -0.259.